The SMILES string of the molecule is CC[C@H](C)[C@H](NC(=O)[C@H]1N2C(=O)c3ccccc3[C@@H]2SC1(C)C)C(=O)NCc1ccncc1. The minimum absolute atomic E-state index is 0.0640. The lowest BCUT2D eigenvalue weighted by Gasteiger charge is -2.32. The van der Waals surface area contributed by atoms with Gasteiger partial charge in [0.25, 0.3) is 5.91 Å². The number of nitrogens with zero attached hydrogens (tertiary/aromatic N) is 2. The van der Waals surface area contributed by atoms with Gasteiger partial charge in [-0.05, 0) is 49.1 Å². The van der Waals surface area contributed by atoms with Gasteiger partial charge in [-0.1, -0.05) is 38.5 Å². The number of thioether (sulfide) groups is 1. The van der Waals surface area contributed by atoms with Crippen LogP contribution in [-0.4, -0.2) is 44.4 Å². The molecule has 0 saturated carbocycles. The zero-order valence-corrected chi connectivity index (χ0v) is 20.2. The Kier molecular flexibility index (Phi) is 6.47. The first-order valence-corrected chi connectivity index (χ1v) is 12.2. The number of nitrogens with one attached hydrogen (secondary N) is 2. The molecule has 1 fully saturated rings. The third kappa shape index (κ3) is 4.36. The Bertz CT molecular complexity index is 1060. The van der Waals surface area contributed by atoms with Crippen LogP contribution in [0.25, 0.3) is 0 Å². The first-order chi connectivity index (χ1) is 15.7. The summed E-state index contributed by atoms with van der Waals surface area (Å²) < 4.78 is -0.495. The lowest BCUT2D eigenvalue weighted by Crippen LogP contribution is -2.58. The van der Waals surface area contributed by atoms with Crippen LogP contribution in [0.3, 0.4) is 0 Å². The zero-order valence-electron chi connectivity index (χ0n) is 19.4. The van der Waals surface area contributed by atoms with E-state index in [1.54, 1.807) is 29.1 Å². The number of hydrogen-bond acceptors (Lipinski definition) is 5. The maximum atomic E-state index is 13.6. The van der Waals surface area contributed by atoms with Gasteiger partial charge < -0.3 is 15.5 Å². The van der Waals surface area contributed by atoms with Gasteiger partial charge >= 0.3 is 0 Å². The number of carbonyl (C=O) groups is 3. The zero-order chi connectivity index (χ0) is 23.8. The fourth-order valence-corrected chi connectivity index (χ4v) is 6.13. The number of aromatic nitrogens is 1. The maximum absolute atomic E-state index is 13.6. The summed E-state index contributed by atoms with van der Waals surface area (Å²) in [4.78, 5) is 45.6. The van der Waals surface area contributed by atoms with Crippen molar-refractivity contribution in [3.8, 4) is 0 Å². The fourth-order valence-electron chi connectivity index (χ4n) is 4.54. The van der Waals surface area contributed by atoms with E-state index in [-0.39, 0.29) is 29.0 Å². The molecule has 0 unspecified atom stereocenters. The first kappa shape index (κ1) is 23.3. The molecule has 2 aliphatic heterocycles. The summed E-state index contributed by atoms with van der Waals surface area (Å²) in [6.07, 6.45) is 4.08. The highest BCUT2D eigenvalue weighted by molar-refractivity contribution is 8.01. The molecular weight excluding hydrogens is 436 g/mol. The smallest absolute Gasteiger partial charge is 0.256 e. The van der Waals surface area contributed by atoms with Gasteiger partial charge in [0.2, 0.25) is 11.8 Å². The van der Waals surface area contributed by atoms with Gasteiger partial charge in [-0.3, -0.25) is 19.4 Å². The lowest BCUT2D eigenvalue weighted by molar-refractivity contribution is -0.133. The molecule has 174 valence electrons. The molecule has 2 N–H and O–H groups in total. The normalized spacial score (nSPS) is 22.3. The van der Waals surface area contributed by atoms with Gasteiger partial charge in [-0.25, -0.2) is 0 Å². The van der Waals surface area contributed by atoms with Crippen LogP contribution in [0.15, 0.2) is 48.8 Å². The van der Waals surface area contributed by atoms with Crippen molar-refractivity contribution >= 4 is 29.5 Å². The van der Waals surface area contributed by atoms with Gasteiger partial charge in [0.05, 0.1) is 0 Å². The van der Waals surface area contributed by atoms with Crippen molar-refractivity contribution in [3.63, 3.8) is 0 Å². The maximum Gasteiger partial charge on any atom is 0.256 e. The average molecular weight is 467 g/mol. The molecule has 0 bridgehead atoms. The van der Waals surface area contributed by atoms with E-state index < -0.39 is 16.8 Å². The molecule has 7 nitrogen and oxygen atoms in total. The van der Waals surface area contributed by atoms with Crippen molar-refractivity contribution in [1.82, 2.24) is 20.5 Å². The van der Waals surface area contributed by atoms with E-state index in [9.17, 15) is 14.4 Å². The van der Waals surface area contributed by atoms with Crippen LogP contribution < -0.4 is 10.6 Å². The van der Waals surface area contributed by atoms with Gasteiger partial charge in [0.1, 0.15) is 17.5 Å². The van der Waals surface area contributed by atoms with E-state index in [1.807, 2.05) is 64.1 Å². The summed E-state index contributed by atoms with van der Waals surface area (Å²) in [5, 5.41) is 5.73. The molecule has 4 atom stereocenters. The molecule has 1 saturated heterocycles. The number of pyridine rings is 1. The molecule has 1 aromatic heterocycles. The van der Waals surface area contributed by atoms with Crippen molar-refractivity contribution < 1.29 is 14.4 Å². The Morgan fingerprint density at radius 1 is 1.18 bits per heavy atom. The summed E-state index contributed by atoms with van der Waals surface area (Å²) in [6.45, 7) is 8.27. The van der Waals surface area contributed by atoms with E-state index >= 15 is 0 Å². The number of benzene rings is 1. The van der Waals surface area contributed by atoms with Crippen molar-refractivity contribution in [2.75, 3.05) is 0 Å². The molecular formula is C25H30N4O3S. The first-order valence-electron chi connectivity index (χ1n) is 11.3. The van der Waals surface area contributed by atoms with Gasteiger partial charge in [0, 0.05) is 29.2 Å². The molecule has 0 spiro atoms. The Balaban J connectivity index is 1.53. The Morgan fingerprint density at radius 3 is 2.58 bits per heavy atom. The number of carbonyl (C=O) groups excluding carboxylic acids is 3. The third-order valence-corrected chi connectivity index (χ3v) is 8.09. The predicted molar refractivity (Wildman–Crippen MR) is 128 cm³/mol. The molecule has 3 heterocycles. The van der Waals surface area contributed by atoms with E-state index in [4.69, 9.17) is 0 Å². The van der Waals surface area contributed by atoms with Crippen LogP contribution in [0, 0.1) is 5.92 Å². The molecule has 2 aliphatic rings. The molecule has 0 radical (unpaired) electrons. The second-order valence-corrected chi connectivity index (χ2v) is 11.0. The summed E-state index contributed by atoms with van der Waals surface area (Å²) in [5.41, 5.74) is 2.53. The summed E-state index contributed by atoms with van der Waals surface area (Å²) in [5.74, 6) is -0.715. The second-order valence-electron chi connectivity index (χ2n) is 9.22. The standard InChI is InChI=1S/C25H30N4O3S/c1-5-15(2)19(21(30)27-14-16-10-12-26-13-11-16)28-22(31)20-25(3,4)33-24-18-9-7-6-8-17(18)23(32)29(20)24/h6-13,15,19-20,24H,5,14H2,1-4H3,(H,27,30)(H,28,31)/t15-,19-,20+,24-/m0/s1. The highest BCUT2D eigenvalue weighted by Gasteiger charge is 2.57. The number of hydrogen-bond donors (Lipinski definition) is 2. The van der Waals surface area contributed by atoms with Crippen LogP contribution in [0.2, 0.25) is 0 Å². The van der Waals surface area contributed by atoms with E-state index in [0.717, 1.165) is 17.5 Å². The van der Waals surface area contributed by atoms with Crippen molar-refractivity contribution in [1.29, 1.82) is 0 Å². The van der Waals surface area contributed by atoms with Crippen molar-refractivity contribution in [2.24, 2.45) is 5.92 Å². The molecule has 4 rings (SSSR count). The minimum Gasteiger partial charge on any atom is -0.350 e. The topological polar surface area (TPSA) is 91.4 Å². The van der Waals surface area contributed by atoms with E-state index in [1.165, 1.54) is 0 Å². The van der Waals surface area contributed by atoms with Crippen LogP contribution in [0.1, 0.15) is 61.0 Å². The molecule has 0 aliphatic carbocycles. The Labute approximate surface area is 198 Å². The van der Waals surface area contributed by atoms with Crippen molar-refractivity contribution in [2.45, 2.75) is 62.9 Å². The number of rotatable bonds is 7. The lowest BCUT2D eigenvalue weighted by atomic mass is 9.95. The van der Waals surface area contributed by atoms with Crippen LogP contribution in [-0.2, 0) is 16.1 Å². The highest BCUT2D eigenvalue weighted by Crippen LogP contribution is 2.56. The van der Waals surface area contributed by atoms with Gasteiger partial charge in [0.15, 0.2) is 0 Å². The summed E-state index contributed by atoms with van der Waals surface area (Å²) >= 11 is 1.62. The van der Waals surface area contributed by atoms with E-state index in [0.29, 0.717) is 12.1 Å². The second kappa shape index (κ2) is 9.17. The average Bonchev–Trinajstić information content (AvgIpc) is 3.24. The predicted octanol–water partition coefficient (Wildman–Crippen LogP) is 3.28. The molecule has 2 aromatic rings. The minimum atomic E-state index is -0.690. The van der Waals surface area contributed by atoms with Gasteiger partial charge in [-0.2, -0.15) is 0 Å². The largest absolute Gasteiger partial charge is 0.350 e. The van der Waals surface area contributed by atoms with Gasteiger partial charge in [-0.15, -0.1) is 11.8 Å². The summed E-state index contributed by atoms with van der Waals surface area (Å²) in [7, 11) is 0. The summed E-state index contributed by atoms with van der Waals surface area (Å²) in [6, 6.07) is 9.84. The molecule has 33 heavy (non-hydrogen) atoms. The fraction of sp³-hybridized carbons (Fsp3) is 0.440. The third-order valence-electron chi connectivity index (χ3n) is 6.55. The quantitative estimate of drug-likeness (QED) is 0.654. The molecule has 3 amide bonds. The molecule has 8 heteroatoms. The van der Waals surface area contributed by atoms with E-state index in [2.05, 4.69) is 15.6 Å². The van der Waals surface area contributed by atoms with Crippen LogP contribution in [0.5, 0.6) is 0 Å². The highest BCUT2D eigenvalue weighted by atomic mass is 32.2. The monoisotopic (exact) mass is 466 g/mol. The Morgan fingerprint density at radius 2 is 1.88 bits per heavy atom. The molecule has 1 aromatic carbocycles. The number of amides is 3. The van der Waals surface area contributed by atoms with Crippen LogP contribution >= 0.6 is 11.8 Å². The van der Waals surface area contributed by atoms with Crippen LogP contribution in [0.4, 0.5) is 0 Å². The number of fused-ring (bicyclic) bond motifs is 3. The Hall–Kier alpha value is -2.87. The van der Waals surface area contributed by atoms with Crippen molar-refractivity contribution in [3.05, 3.63) is 65.5 Å².